The number of nitrogens with one attached hydrogen (secondary N) is 1. The fraction of sp³-hybridized carbons (Fsp3) is 0.933. The Morgan fingerprint density at radius 1 is 1.31 bits per heavy atom. The Bertz CT molecular complexity index is 652. The highest BCUT2D eigenvalue weighted by Crippen LogP contribution is 2.40. The Kier molecular flexibility index (Phi) is 5.34. The van der Waals surface area contributed by atoms with Crippen LogP contribution in [0.25, 0.3) is 0 Å². The highest BCUT2D eigenvalue weighted by Gasteiger charge is 2.58. The summed E-state index contributed by atoms with van der Waals surface area (Å²) in [4.78, 5) is 11.4. The van der Waals surface area contributed by atoms with Crippen LogP contribution in [-0.2, 0) is 42.8 Å². The first kappa shape index (κ1) is 19.9. The molecule has 0 unspecified atom stereocenters. The number of carbonyl (C=O) groups is 1. The molecule has 11 heteroatoms. The van der Waals surface area contributed by atoms with Crippen molar-refractivity contribution >= 4 is 16.0 Å². The number of β-lactam (4-membered cyclic amide) rings is 1. The second-order valence-electron chi connectivity index (χ2n) is 7.15. The van der Waals surface area contributed by atoms with E-state index >= 15 is 0 Å². The molecule has 1 amide bonds. The molecule has 3 saturated heterocycles. The predicted molar refractivity (Wildman–Crippen MR) is 86.3 cm³/mol. The average Bonchev–Trinajstić information content (AvgIpc) is 3.00. The molecule has 3 heterocycles. The fourth-order valence-electron chi connectivity index (χ4n) is 3.25. The minimum absolute atomic E-state index is 0.140. The number of ether oxygens (including phenoxy) is 5. The Morgan fingerprint density at radius 3 is 2.54 bits per heavy atom. The first-order valence-electron chi connectivity index (χ1n) is 8.35. The number of rotatable bonds is 7. The Labute approximate surface area is 152 Å². The number of hydrogen-bond donors (Lipinski definition) is 1. The van der Waals surface area contributed by atoms with E-state index in [1.54, 1.807) is 20.8 Å². The standard InChI is InChI=1S/C15H25NO9S/c1-7-12(17)16-13(7)22-8(6-21-26(5,18)19)9-10(20-4)11-14(23-9)25-15(2,3)24-11/h7-11,13-14H,6H2,1-5H3,(H,16,17)/t7-,8+,9+,10-,11+,13-,14+/m0/s1. The molecule has 3 rings (SSSR count). The van der Waals surface area contributed by atoms with Crippen LogP contribution in [-0.4, -0.2) is 77.0 Å². The minimum Gasteiger partial charge on any atom is -0.376 e. The van der Waals surface area contributed by atoms with Gasteiger partial charge in [-0.1, -0.05) is 0 Å². The van der Waals surface area contributed by atoms with Crippen LogP contribution in [0.5, 0.6) is 0 Å². The molecule has 1 N–H and O–H groups in total. The molecular weight excluding hydrogens is 370 g/mol. The van der Waals surface area contributed by atoms with Gasteiger partial charge >= 0.3 is 0 Å². The highest BCUT2D eigenvalue weighted by molar-refractivity contribution is 7.85. The van der Waals surface area contributed by atoms with Crippen LogP contribution < -0.4 is 5.32 Å². The van der Waals surface area contributed by atoms with E-state index in [0.717, 1.165) is 6.26 Å². The van der Waals surface area contributed by atoms with Crippen LogP contribution in [0.15, 0.2) is 0 Å². The van der Waals surface area contributed by atoms with E-state index in [0.29, 0.717) is 0 Å². The molecular formula is C15H25NO9S. The molecule has 0 aromatic rings. The molecule has 3 fully saturated rings. The van der Waals surface area contributed by atoms with Gasteiger partial charge in [0.25, 0.3) is 10.1 Å². The average molecular weight is 395 g/mol. The zero-order valence-electron chi connectivity index (χ0n) is 15.3. The molecule has 150 valence electrons. The van der Waals surface area contributed by atoms with Crippen molar-refractivity contribution < 1.29 is 41.1 Å². The highest BCUT2D eigenvalue weighted by atomic mass is 32.2. The molecule has 0 saturated carbocycles. The first-order chi connectivity index (χ1) is 12.0. The quantitative estimate of drug-likeness (QED) is 0.442. The van der Waals surface area contributed by atoms with Crippen molar-refractivity contribution in [2.24, 2.45) is 5.92 Å². The van der Waals surface area contributed by atoms with Gasteiger partial charge in [-0.2, -0.15) is 8.42 Å². The lowest BCUT2D eigenvalue weighted by atomic mass is 10.0. The molecule has 0 bridgehead atoms. The largest absolute Gasteiger partial charge is 0.376 e. The van der Waals surface area contributed by atoms with Crippen LogP contribution in [0, 0.1) is 5.92 Å². The SMILES string of the molecule is CO[C@@H]1[C@H]2OC(C)(C)O[C@H]2O[C@@H]1[C@@H](COS(C)(=O)=O)O[C@@H]1NC(=O)[C@@H]1C. The van der Waals surface area contributed by atoms with Crippen molar-refractivity contribution in [2.45, 2.75) is 63.5 Å². The van der Waals surface area contributed by atoms with Crippen LogP contribution >= 0.6 is 0 Å². The summed E-state index contributed by atoms with van der Waals surface area (Å²) in [6, 6.07) is 0. The lowest BCUT2D eigenvalue weighted by molar-refractivity contribution is -0.241. The maximum atomic E-state index is 11.4. The molecule has 3 aliphatic rings. The van der Waals surface area contributed by atoms with E-state index < -0.39 is 52.8 Å². The molecule has 3 aliphatic heterocycles. The van der Waals surface area contributed by atoms with E-state index in [1.807, 2.05) is 0 Å². The maximum absolute atomic E-state index is 11.4. The van der Waals surface area contributed by atoms with E-state index in [-0.39, 0.29) is 18.4 Å². The van der Waals surface area contributed by atoms with Crippen LogP contribution in [0.2, 0.25) is 0 Å². The fourth-order valence-corrected chi connectivity index (χ4v) is 3.63. The molecule has 7 atom stereocenters. The number of hydrogen-bond acceptors (Lipinski definition) is 9. The van der Waals surface area contributed by atoms with Crippen molar-refractivity contribution in [1.82, 2.24) is 5.32 Å². The molecule has 10 nitrogen and oxygen atoms in total. The van der Waals surface area contributed by atoms with E-state index in [2.05, 4.69) is 5.32 Å². The summed E-state index contributed by atoms with van der Waals surface area (Å²) in [7, 11) is -2.18. The molecule has 0 spiro atoms. The van der Waals surface area contributed by atoms with Crippen LogP contribution in [0.3, 0.4) is 0 Å². The van der Waals surface area contributed by atoms with E-state index in [4.69, 9.17) is 27.9 Å². The van der Waals surface area contributed by atoms with Gasteiger partial charge < -0.3 is 29.0 Å². The number of methoxy groups -OCH3 is 1. The van der Waals surface area contributed by atoms with Crippen molar-refractivity contribution in [3.05, 3.63) is 0 Å². The van der Waals surface area contributed by atoms with Gasteiger partial charge in [-0.05, 0) is 20.8 Å². The maximum Gasteiger partial charge on any atom is 0.264 e. The third kappa shape index (κ3) is 4.03. The van der Waals surface area contributed by atoms with E-state index in [1.165, 1.54) is 7.11 Å². The zero-order valence-corrected chi connectivity index (χ0v) is 16.1. The molecule has 0 aromatic carbocycles. The Morgan fingerprint density at radius 2 is 2.00 bits per heavy atom. The molecule has 0 aromatic heterocycles. The number of amides is 1. The van der Waals surface area contributed by atoms with Gasteiger partial charge in [0.2, 0.25) is 5.91 Å². The third-order valence-corrected chi connectivity index (χ3v) is 5.15. The van der Waals surface area contributed by atoms with Gasteiger partial charge in [-0.3, -0.25) is 8.98 Å². The third-order valence-electron chi connectivity index (χ3n) is 4.59. The van der Waals surface area contributed by atoms with Crippen LogP contribution in [0.1, 0.15) is 20.8 Å². The summed E-state index contributed by atoms with van der Waals surface area (Å²) < 4.78 is 56.5. The lowest BCUT2D eigenvalue weighted by Crippen LogP contribution is -2.61. The second-order valence-corrected chi connectivity index (χ2v) is 8.79. The molecule has 26 heavy (non-hydrogen) atoms. The van der Waals surface area contributed by atoms with Crippen molar-refractivity contribution in [1.29, 1.82) is 0 Å². The van der Waals surface area contributed by atoms with Gasteiger partial charge in [0.05, 0.1) is 18.8 Å². The summed E-state index contributed by atoms with van der Waals surface area (Å²) in [5.41, 5.74) is 0. The van der Waals surface area contributed by atoms with Gasteiger partial charge in [0.1, 0.15) is 30.6 Å². The lowest BCUT2D eigenvalue weighted by Gasteiger charge is -2.38. The summed E-state index contributed by atoms with van der Waals surface area (Å²) in [6.07, 6.45) is -2.84. The zero-order chi connectivity index (χ0) is 19.3. The summed E-state index contributed by atoms with van der Waals surface area (Å²) in [6.45, 7) is 4.96. The minimum atomic E-state index is -3.69. The monoisotopic (exact) mass is 395 g/mol. The summed E-state index contributed by atoms with van der Waals surface area (Å²) >= 11 is 0. The second kappa shape index (κ2) is 6.97. The smallest absolute Gasteiger partial charge is 0.264 e. The van der Waals surface area contributed by atoms with Crippen LogP contribution in [0.4, 0.5) is 0 Å². The summed E-state index contributed by atoms with van der Waals surface area (Å²) in [5.74, 6) is -1.31. The normalized spacial score (nSPS) is 40.0. The first-order valence-corrected chi connectivity index (χ1v) is 10.2. The molecule has 0 aliphatic carbocycles. The predicted octanol–water partition coefficient (Wildman–Crippen LogP) is -0.669. The van der Waals surface area contributed by atoms with Gasteiger partial charge in [0, 0.05) is 7.11 Å². The van der Waals surface area contributed by atoms with Crippen molar-refractivity contribution in [2.75, 3.05) is 20.0 Å². The topological polar surface area (TPSA) is 119 Å². The number of fused-ring (bicyclic) bond motifs is 1. The number of carbonyl (C=O) groups excluding carboxylic acids is 1. The molecule has 0 radical (unpaired) electrons. The summed E-state index contributed by atoms with van der Waals surface area (Å²) in [5, 5.41) is 2.61. The Balaban J connectivity index is 1.74. The van der Waals surface area contributed by atoms with Crippen molar-refractivity contribution in [3.8, 4) is 0 Å². The van der Waals surface area contributed by atoms with Crippen molar-refractivity contribution in [3.63, 3.8) is 0 Å². The Hall–Kier alpha value is -0.820. The van der Waals surface area contributed by atoms with E-state index in [9.17, 15) is 13.2 Å². The van der Waals surface area contributed by atoms with Gasteiger partial charge in [-0.25, -0.2) is 0 Å². The van der Waals surface area contributed by atoms with Gasteiger partial charge in [-0.15, -0.1) is 0 Å². The van der Waals surface area contributed by atoms with Gasteiger partial charge in [0.15, 0.2) is 12.1 Å².